The van der Waals surface area contributed by atoms with Crippen molar-refractivity contribution in [2.45, 2.75) is 285 Å². The van der Waals surface area contributed by atoms with Gasteiger partial charge in [-0.3, -0.25) is 0 Å². The summed E-state index contributed by atoms with van der Waals surface area (Å²) in [5.74, 6) is -5.32. The lowest BCUT2D eigenvalue weighted by molar-refractivity contribution is 0.269. The summed E-state index contributed by atoms with van der Waals surface area (Å²) in [5.41, 5.74) is 8.95. The van der Waals surface area contributed by atoms with Gasteiger partial charge in [-0.05, 0) is 37.1 Å². The minimum atomic E-state index is -0.732. The van der Waals surface area contributed by atoms with E-state index >= 15 is 0 Å². The fourth-order valence-electron chi connectivity index (χ4n) is 13.3. The number of aliphatic hydroxyl groups is 8. The summed E-state index contributed by atoms with van der Waals surface area (Å²) in [6.45, 7) is 8.94. The third-order valence-corrected chi connectivity index (χ3v) is 18.2. The predicted octanol–water partition coefficient (Wildman–Crippen LogP) is 22.2. The van der Waals surface area contributed by atoms with Crippen LogP contribution in [-0.4, -0.2) is 40.9 Å². The molecule has 0 saturated heterocycles. The topological polar surface area (TPSA) is 162 Å². The fourth-order valence-corrected chi connectivity index (χ4v) is 13.3. The smallest absolute Gasteiger partial charge is 0.295 e. The molecule has 80 heavy (non-hydrogen) atoms. The van der Waals surface area contributed by atoms with Crippen molar-refractivity contribution in [3.05, 3.63) is 127 Å². The Balaban J connectivity index is 1.65. The number of fused-ring (bicyclic) bond motifs is 4. The molecule has 5 aliphatic rings. The Hall–Kier alpha value is -4.82. The molecule has 0 aromatic heterocycles. The molecule has 0 fully saturated rings. The van der Waals surface area contributed by atoms with Gasteiger partial charge in [0.05, 0.1) is 24.0 Å². The van der Waals surface area contributed by atoms with E-state index in [-0.39, 0.29) is 46.1 Å². The Morgan fingerprint density at radius 3 is 1.04 bits per heavy atom. The molecule has 6 unspecified atom stereocenters. The average Bonchev–Trinajstić information content (AvgIpc) is 3.59. The lowest BCUT2D eigenvalue weighted by atomic mass is 9.69. The second kappa shape index (κ2) is 37.3. The minimum Gasteiger partial charge on any atom is -0.504 e. The van der Waals surface area contributed by atoms with E-state index < -0.39 is 35.5 Å². The van der Waals surface area contributed by atoms with E-state index in [0.29, 0.717) is 59.1 Å². The minimum absolute atomic E-state index is 0.149. The van der Waals surface area contributed by atoms with Gasteiger partial charge in [0, 0.05) is 28.9 Å². The van der Waals surface area contributed by atoms with Crippen LogP contribution >= 0.6 is 0 Å². The molecular weight excluding hydrogens is 993 g/mol. The van der Waals surface area contributed by atoms with Gasteiger partial charge in [0.25, 0.3) is 23.0 Å². The largest absolute Gasteiger partial charge is 0.504 e. The lowest BCUT2D eigenvalue weighted by Gasteiger charge is -2.33. The highest BCUT2D eigenvalue weighted by Crippen LogP contribution is 2.49. The van der Waals surface area contributed by atoms with Crippen LogP contribution in [0.5, 0.6) is 0 Å². The number of allylic oxidation sites excluding steroid dienone is 10. The van der Waals surface area contributed by atoms with Crippen molar-refractivity contribution in [3.63, 3.8) is 0 Å². The summed E-state index contributed by atoms with van der Waals surface area (Å²) in [4.78, 5) is 0. The van der Waals surface area contributed by atoms with E-state index in [9.17, 15) is 40.9 Å². The highest BCUT2D eigenvalue weighted by Gasteiger charge is 2.46. The maximum atomic E-state index is 12.1. The standard InChI is InChI=1S/C72H108O8/c1-5-9-13-17-21-25-29-33-37-41-53-57-45-59(67(75)49-65(57)73)54(42-38-34-30-26-22-18-14-10-6-2)61-47-63(71(79)51-69(61)77)56(44-40-36-32-28-24-20-16-12-8-4)64-48-62(70(78)52-72(64)80)55(60-46-58(53)66(74)50-68(60)76)43-39-35-31-27-23-19-15-11-7-3/h45-48,53-57,60H,5-44H2,1-4H3,(H6-2,73,74,75,76,77,78,79,80)/p+2. The van der Waals surface area contributed by atoms with Crippen molar-refractivity contribution >= 4 is 0 Å². The van der Waals surface area contributed by atoms with Crippen molar-refractivity contribution in [3.8, 4) is 0 Å². The first-order valence-corrected chi connectivity index (χ1v) is 33.1. The van der Waals surface area contributed by atoms with E-state index in [4.69, 9.17) is 0 Å². The molecule has 0 amide bonds. The molecule has 5 aliphatic carbocycles. The molecule has 0 aromatic rings. The first-order valence-electron chi connectivity index (χ1n) is 33.1. The van der Waals surface area contributed by atoms with Crippen LogP contribution in [0.4, 0.5) is 0 Å². The van der Waals surface area contributed by atoms with Gasteiger partial charge in [-0.1, -0.05) is 271 Å². The van der Waals surface area contributed by atoms with Gasteiger partial charge in [-0.2, -0.15) is 0 Å². The number of hydrogen-bond donors (Lipinski definition) is 8. The van der Waals surface area contributed by atoms with Gasteiger partial charge < -0.3 is 40.9 Å². The van der Waals surface area contributed by atoms with E-state index in [1.54, 1.807) is 0 Å². The normalized spacial score (nSPS) is 21.9. The van der Waals surface area contributed by atoms with Crippen LogP contribution in [0.2, 0.25) is 0 Å². The number of aliphatic hydroxyl groups excluding tert-OH is 8. The monoisotopic (exact) mass is 1100 g/mol. The Bertz CT molecular complexity index is 2300. The first kappa shape index (κ1) is 66.0. The summed E-state index contributed by atoms with van der Waals surface area (Å²) >= 11 is 0. The molecule has 444 valence electrons. The van der Waals surface area contributed by atoms with Crippen LogP contribution in [0.15, 0.2) is 115 Å². The van der Waals surface area contributed by atoms with E-state index in [2.05, 4.69) is 51.3 Å². The quantitative estimate of drug-likeness (QED) is 0.0171. The highest BCUT2D eigenvalue weighted by atomic mass is 16.3. The second-order valence-electron chi connectivity index (χ2n) is 24.6. The van der Waals surface area contributed by atoms with Crippen molar-refractivity contribution in [1.82, 2.24) is 0 Å². The Kier molecular flexibility index (Phi) is 30.8. The Morgan fingerprint density at radius 1 is 0.325 bits per heavy atom. The summed E-state index contributed by atoms with van der Waals surface area (Å²) in [6.07, 6.45) is 56.1. The Labute approximate surface area is 486 Å². The molecule has 0 heterocycles. The van der Waals surface area contributed by atoms with Gasteiger partial charge in [-0.25, -0.2) is 0 Å². The summed E-state index contributed by atoms with van der Waals surface area (Å²) < 4.78 is 0. The molecule has 8 nitrogen and oxygen atoms in total. The second-order valence-corrected chi connectivity index (χ2v) is 24.6. The first-order chi connectivity index (χ1) is 38.9. The zero-order valence-corrected chi connectivity index (χ0v) is 50.6. The third kappa shape index (κ3) is 20.9. The molecule has 8 N–H and O–H groups in total. The van der Waals surface area contributed by atoms with Crippen LogP contribution in [0, 0.1) is 47.7 Å². The molecule has 8 heteroatoms. The van der Waals surface area contributed by atoms with Crippen molar-refractivity contribution in [2.75, 3.05) is 0 Å². The fraction of sp³-hybridized carbons (Fsp3) is 0.694. The summed E-state index contributed by atoms with van der Waals surface area (Å²) in [6, 6.07) is 0. The van der Waals surface area contributed by atoms with Crippen LogP contribution in [-0.2, 0) is 0 Å². The zero-order valence-electron chi connectivity index (χ0n) is 50.6. The summed E-state index contributed by atoms with van der Waals surface area (Å²) in [7, 11) is 0. The molecular formula is C72H110O8+2. The molecule has 0 aliphatic heterocycles. The number of hydrogen-bond acceptors (Lipinski definition) is 8. The zero-order chi connectivity index (χ0) is 57.5. The van der Waals surface area contributed by atoms with Gasteiger partial charge in [0.1, 0.15) is 51.9 Å². The van der Waals surface area contributed by atoms with E-state index in [1.165, 1.54) is 128 Å². The summed E-state index contributed by atoms with van der Waals surface area (Å²) in [5, 5.41) is 96.7. The SMILES string of the molecule is CCCCCCCCCCCC1C2=CC(=C(O)[C+]=C2O)C(CCCCCCCCCCC)C2=CC(C(O)=C=C2O)C(CCCCCCCCCCC)C2=CC(C(O)=C=C2O)C(CCCCCCCCCCC)C2=C(O)[C+]=C(O)C1=C2. The predicted molar refractivity (Wildman–Crippen MR) is 330 cm³/mol. The molecule has 0 aromatic carbocycles. The molecule has 0 saturated carbocycles. The number of rotatable bonds is 40. The molecule has 8 bridgehead atoms. The third-order valence-electron chi connectivity index (χ3n) is 18.2. The van der Waals surface area contributed by atoms with Gasteiger partial charge >= 0.3 is 0 Å². The Morgan fingerprint density at radius 2 is 0.625 bits per heavy atom. The average molecular weight is 1100 g/mol. The van der Waals surface area contributed by atoms with Crippen molar-refractivity contribution < 1.29 is 40.9 Å². The molecule has 0 spiro atoms. The molecule has 6 atom stereocenters. The lowest BCUT2D eigenvalue weighted by Crippen LogP contribution is -2.28. The van der Waals surface area contributed by atoms with E-state index in [1.807, 2.05) is 24.3 Å². The number of unbranched alkanes of at least 4 members (excludes halogenated alkanes) is 32. The van der Waals surface area contributed by atoms with Crippen molar-refractivity contribution in [2.24, 2.45) is 35.5 Å². The van der Waals surface area contributed by atoms with Gasteiger partial charge in [0.2, 0.25) is 0 Å². The highest BCUT2D eigenvalue weighted by molar-refractivity contribution is 5.55. The molecule has 0 radical (unpaired) electrons. The van der Waals surface area contributed by atoms with Crippen LogP contribution in [0.3, 0.4) is 0 Å². The van der Waals surface area contributed by atoms with Gasteiger partial charge in [-0.15, -0.1) is 0 Å². The van der Waals surface area contributed by atoms with Crippen LogP contribution in [0.1, 0.15) is 285 Å². The van der Waals surface area contributed by atoms with Crippen LogP contribution < -0.4 is 0 Å². The van der Waals surface area contributed by atoms with Crippen LogP contribution in [0.25, 0.3) is 0 Å². The maximum Gasteiger partial charge on any atom is 0.295 e. The maximum absolute atomic E-state index is 12.1. The van der Waals surface area contributed by atoms with Crippen molar-refractivity contribution in [1.29, 1.82) is 0 Å². The van der Waals surface area contributed by atoms with E-state index in [0.717, 1.165) is 103 Å². The van der Waals surface area contributed by atoms with Gasteiger partial charge in [0.15, 0.2) is 11.5 Å². The molecule has 5 rings (SSSR count).